The fraction of sp³-hybridized carbons (Fsp3) is 0.391. The van der Waals surface area contributed by atoms with Crippen molar-refractivity contribution in [1.29, 1.82) is 0 Å². The number of amides is 2. The van der Waals surface area contributed by atoms with Crippen LogP contribution < -0.4 is 10.2 Å². The van der Waals surface area contributed by atoms with E-state index in [1.807, 2.05) is 6.07 Å². The quantitative estimate of drug-likeness (QED) is 0.769. The van der Waals surface area contributed by atoms with Crippen molar-refractivity contribution in [2.75, 3.05) is 29.9 Å². The summed E-state index contributed by atoms with van der Waals surface area (Å²) >= 11 is 0. The number of sulfonamides is 1. The molecule has 2 aromatic rings. The molecule has 0 aromatic heterocycles. The van der Waals surface area contributed by atoms with E-state index >= 15 is 0 Å². The van der Waals surface area contributed by atoms with Crippen molar-refractivity contribution in [1.82, 2.24) is 4.31 Å². The van der Waals surface area contributed by atoms with E-state index in [0.29, 0.717) is 42.9 Å². The van der Waals surface area contributed by atoms with E-state index in [9.17, 15) is 18.0 Å². The SMILES string of the molecule is Cc1ccc(S(=O)(=O)N2CCCCC2)cc1C(=O)Nc1cccc(N2CCCC2=O)c1. The first-order chi connectivity index (χ1) is 14.9. The number of hydrogen-bond acceptors (Lipinski definition) is 4. The molecule has 7 nitrogen and oxygen atoms in total. The minimum atomic E-state index is -3.62. The van der Waals surface area contributed by atoms with Gasteiger partial charge in [0.15, 0.2) is 0 Å². The molecular weight excluding hydrogens is 414 g/mol. The number of piperidine rings is 1. The average molecular weight is 442 g/mol. The first-order valence-electron chi connectivity index (χ1n) is 10.7. The molecule has 2 saturated heterocycles. The van der Waals surface area contributed by atoms with Gasteiger partial charge in [0.05, 0.1) is 4.90 Å². The molecule has 0 bridgehead atoms. The lowest BCUT2D eigenvalue weighted by atomic mass is 10.1. The number of carbonyl (C=O) groups is 2. The van der Waals surface area contributed by atoms with Crippen LogP contribution in [-0.4, -0.2) is 44.2 Å². The van der Waals surface area contributed by atoms with E-state index in [0.717, 1.165) is 31.4 Å². The predicted molar refractivity (Wildman–Crippen MR) is 120 cm³/mol. The molecule has 2 aliphatic heterocycles. The van der Waals surface area contributed by atoms with Gasteiger partial charge in [-0.25, -0.2) is 8.42 Å². The van der Waals surface area contributed by atoms with Gasteiger partial charge in [0.25, 0.3) is 5.91 Å². The van der Waals surface area contributed by atoms with Crippen LogP contribution in [0.3, 0.4) is 0 Å². The number of benzene rings is 2. The summed E-state index contributed by atoms with van der Waals surface area (Å²) in [6.07, 6.45) is 4.11. The Hall–Kier alpha value is -2.71. The van der Waals surface area contributed by atoms with Crippen molar-refractivity contribution < 1.29 is 18.0 Å². The van der Waals surface area contributed by atoms with Gasteiger partial charge in [0, 0.05) is 43.0 Å². The number of nitrogens with one attached hydrogen (secondary N) is 1. The maximum atomic E-state index is 13.0. The number of carbonyl (C=O) groups excluding carboxylic acids is 2. The maximum Gasteiger partial charge on any atom is 0.255 e. The van der Waals surface area contributed by atoms with Crippen LogP contribution in [0.15, 0.2) is 47.4 Å². The second kappa shape index (κ2) is 8.80. The van der Waals surface area contributed by atoms with Gasteiger partial charge in [-0.3, -0.25) is 9.59 Å². The van der Waals surface area contributed by atoms with Gasteiger partial charge in [-0.15, -0.1) is 0 Å². The van der Waals surface area contributed by atoms with Crippen LogP contribution in [0.5, 0.6) is 0 Å². The largest absolute Gasteiger partial charge is 0.322 e. The number of nitrogens with zero attached hydrogens (tertiary/aromatic N) is 2. The van der Waals surface area contributed by atoms with Crippen molar-refractivity contribution in [2.24, 2.45) is 0 Å². The monoisotopic (exact) mass is 441 g/mol. The van der Waals surface area contributed by atoms with Gasteiger partial charge in [-0.05, 0) is 62.1 Å². The zero-order valence-corrected chi connectivity index (χ0v) is 18.5. The molecule has 2 amide bonds. The molecule has 0 unspecified atom stereocenters. The Kier molecular flexibility index (Phi) is 6.11. The van der Waals surface area contributed by atoms with Crippen LogP contribution in [-0.2, 0) is 14.8 Å². The summed E-state index contributed by atoms with van der Waals surface area (Å²) in [6.45, 7) is 3.48. The first kappa shape index (κ1) is 21.5. The number of rotatable bonds is 5. The lowest BCUT2D eigenvalue weighted by Crippen LogP contribution is -2.35. The van der Waals surface area contributed by atoms with Gasteiger partial charge >= 0.3 is 0 Å². The van der Waals surface area contributed by atoms with Gasteiger partial charge in [0.1, 0.15) is 0 Å². The Morgan fingerprint density at radius 1 is 0.968 bits per heavy atom. The summed E-state index contributed by atoms with van der Waals surface area (Å²) < 4.78 is 27.5. The Balaban J connectivity index is 1.56. The minimum Gasteiger partial charge on any atom is -0.322 e. The lowest BCUT2D eigenvalue weighted by Gasteiger charge is -2.26. The molecule has 4 rings (SSSR count). The second-order valence-corrected chi connectivity index (χ2v) is 10.0. The summed E-state index contributed by atoms with van der Waals surface area (Å²) in [5.41, 5.74) is 2.33. The standard InChI is InChI=1S/C23H27N3O4S/c1-17-10-11-20(31(29,30)25-12-3-2-4-13-25)16-21(17)23(28)24-18-7-5-8-19(15-18)26-14-6-9-22(26)27/h5,7-8,10-11,15-16H,2-4,6,9,12-14H2,1H3,(H,24,28). The second-order valence-electron chi connectivity index (χ2n) is 8.09. The van der Waals surface area contributed by atoms with Crippen LogP contribution in [0.25, 0.3) is 0 Å². The summed E-state index contributed by atoms with van der Waals surface area (Å²) in [5.74, 6) is -0.298. The molecule has 2 aliphatic rings. The highest BCUT2D eigenvalue weighted by Gasteiger charge is 2.27. The van der Waals surface area contributed by atoms with Crippen LogP contribution in [0.4, 0.5) is 11.4 Å². The van der Waals surface area contributed by atoms with Crippen LogP contribution >= 0.6 is 0 Å². The Labute approximate surface area is 183 Å². The normalized spacial score (nSPS) is 17.7. The Bertz CT molecular complexity index is 1110. The van der Waals surface area contributed by atoms with E-state index in [1.54, 1.807) is 42.2 Å². The Morgan fingerprint density at radius 2 is 1.74 bits per heavy atom. The highest BCUT2D eigenvalue weighted by molar-refractivity contribution is 7.89. The van der Waals surface area contributed by atoms with Gasteiger partial charge in [-0.2, -0.15) is 4.31 Å². The van der Waals surface area contributed by atoms with Crippen molar-refractivity contribution in [2.45, 2.75) is 43.9 Å². The van der Waals surface area contributed by atoms with Gasteiger partial charge in [0.2, 0.25) is 15.9 Å². The zero-order valence-electron chi connectivity index (χ0n) is 17.6. The predicted octanol–water partition coefficient (Wildman–Crippen LogP) is 3.55. The van der Waals surface area contributed by atoms with E-state index < -0.39 is 10.0 Å². The topological polar surface area (TPSA) is 86.8 Å². The summed E-state index contributed by atoms with van der Waals surface area (Å²) in [5, 5.41) is 2.85. The molecule has 2 fully saturated rings. The zero-order chi connectivity index (χ0) is 22.0. The van der Waals surface area contributed by atoms with Crippen molar-refractivity contribution >= 4 is 33.2 Å². The van der Waals surface area contributed by atoms with Crippen molar-refractivity contribution in [3.63, 3.8) is 0 Å². The molecular formula is C23H27N3O4S. The maximum absolute atomic E-state index is 13.0. The van der Waals surface area contributed by atoms with Crippen molar-refractivity contribution in [3.05, 3.63) is 53.6 Å². The molecule has 8 heteroatoms. The number of anilines is 2. The first-order valence-corrected chi connectivity index (χ1v) is 12.1. The highest BCUT2D eigenvalue weighted by Crippen LogP contribution is 2.26. The molecule has 0 aliphatic carbocycles. The number of aryl methyl sites for hydroxylation is 1. The number of hydrogen-bond donors (Lipinski definition) is 1. The molecule has 2 aromatic carbocycles. The molecule has 164 valence electrons. The molecule has 0 saturated carbocycles. The summed E-state index contributed by atoms with van der Waals surface area (Å²) in [7, 11) is -3.62. The fourth-order valence-corrected chi connectivity index (χ4v) is 5.68. The van der Waals surface area contributed by atoms with E-state index in [1.165, 1.54) is 10.4 Å². The highest BCUT2D eigenvalue weighted by atomic mass is 32.2. The average Bonchev–Trinajstić information content (AvgIpc) is 3.20. The Morgan fingerprint density at radius 3 is 2.45 bits per heavy atom. The van der Waals surface area contributed by atoms with Crippen LogP contribution in [0, 0.1) is 6.92 Å². The summed E-state index contributed by atoms with van der Waals surface area (Å²) in [4.78, 5) is 26.9. The van der Waals surface area contributed by atoms with Gasteiger partial charge < -0.3 is 10.2 Å². The fourth-order valence-electron chi connectivity index (χ4n) is 4.13. The minimum absolute atomic E-state index is 0.0786. The molecule has 2 heterocycles. The van der Waals surface area contributed by atoms with Crippen LogP contribution in [0.1, 0.15) is 48.0 Å². The third-order valence-electron chi connectivity index (χ3n) is 5.90. The van der Waals surface area contributed by atoms with E-state index in [2.05, 4.69) is 5.32 Å². The third kappa shape index (κ3) is 4.50. The van der Waals surface area contributed by atoms with E-state index in [4.69, 9.17) is 0 Å². The van der Waals surface area contributed by atoms with Gasteiger partial charge in [-0.1, -0.05) is 18.6 Å². The smallest absolute Gasteiger partial charge is 0.255 e. The lowest BCUT2D eigenvalue weighted by molar-refractivity contribution is -0.117. The summed E-state index contributed by atoms with van der Waals surface area (Å²) in [6, 6.07) is 11.9. The molecule has 0 atom stereocenters. The van der Waals surface area contributed by atoms with Crippen LogP contribution in [0.2, 0.25) is 0 Å². The third-order valence-corrected chi connectivity index (χ3v) is 7.79. The van der Waals surface area contributed by atoms with Crippen molar-refractivity contribution in [3.8, 4) is 0 Å². The molecule has 1 N–H and O–H groups in total. The molecule has 31 heavy (non-hydrogen) atoms. The molecule has 0 spiro atoms. The molecule has 0 radical (unpaired) electrons. The van der Waals surface area contributed by atoms with E-state index in [-0.39, 0.29) is 16.7 Å².